The van der Waals surface area contributed by atoms with E-state index in [2.05, 4.69) is 11.2 Å². The first kappa shape index (κ1) is 11.2. The largest absolute Gasteiger partial charge is 0.491 e. The Morgan fingerprint density at radius 1 is 1.57 bits per heavy atom. The van der Waals surface area contributed by atoms with Gasteiger partial charge in [-0.25, -0.2) is 4.98 Å². The predicted molar refractivity (Wildman–Crippen MR) is 46.2 cm³/mol. The lowest BCUT2D eigenvalue weighted by atomic mass is 10.5. The number of aromatic nitrogens is 1. The van der Waals surface area contributed by atoms with E-state index in [4.69, 9.17) is 4.74 Å². The van der Waals surface area contributed by atoms with Crippen molar-refractivity contribution in [3.63, 3.8) is 0 Å². The zero-order chi connectivity index (χ0) is 10.6. The number of nitrogens with zero attached hydrogens (tertiary/aromatic N) is 1. The van der Waals surface area contributed by atoms with Crippen molar-refractivity contribution in [2.24, 2.45) is 0 Å². The molecule has 0 fully saturated rings. The van der Waals surface area contributed by atoms with E-state index in [1.165, 1.54) is 6.07 Å². The summed E-state index contributed by atoms with van der Waals surface area (Å²) in [5.74, 6) is 0.224. The molecule has 0 aliphatic heterocycles. The summed E-state index contributed by atoms with van der Waals surface area (Å²) < 4.78 is 40.8. The fraction of sp³-hybridized carbons (Fsp3) is 0.375. The fourth-order valence-corrected chi connectivity index (χ4v) is 1.32. The van der Waals surface area contributed by atoms with Crippen LogP contribution in [0.25, 0.3) is 0 Å². The highest BCUT2D eigenvalue weighted by Gasteiger charge is 2.29. The number of rotatable bonds is 3. The molecule has 1 aromatic rings. The van der Waals surface area contributed by atoms with Crippen molar-refractivity contribution in [2.75, 3.05) is 6.61 Å². The van der Waals surface area contributed by atoms with Gasteiger partial charge in [-0.1, -0.05) is 0 Å². The molecule has 0 bridgehead atoms. The molecular formula is C8H7F3NOS. The molecule has 0 aromatic carbocycles. The molecule has 0 atom stereocenters. The van der Waals surface area contributed by atoms with Crippen LogP contribution >= 0.6 is 11.8 Å². The molecule has 0 saturated carbocycles. The van der Waals surface area contributed by atoms with E-state index in [0.29, 0.717) is 6.61 Å². The van der Waals surface area contributed by atoms with E-state index >= 15 is 0 Å². The van der Waals surface area contributed by atoms with Gasteiger partial charge in [-0.3, -0.25) is 0 Å². The fourth-order valence-electron chi connectivity index (χ4n) is 0.777. The van der Waals surface area contributed by atoms with Gasteiger partial charge in [-0.15, -0.1) is 0 Å². The lowest BCUT2D eigenvalue weighted by Gasteiger charge is -2.06. The molecule has 2 nitrogen and oxygen atoms in total. The molecule has 0 spiro atoms. The van der Waals surface area contributed by atoms with Crippen molar-refractivity contribution in [1.82, 2.24) is 4.98 Å². The highest BCUT2D eigenvalue weighted by Crippen LogP contribution is 2.37. The van der Waals surface area contributed by atoms with Crippen molar-refractivity contribution >= 4 is 11.8 Å². The van der Waals surface area contributed by atoms with Crippen molar-refractivity contribution in [2.45, 2.75) is 17.3 Å². The van der Waals surface area contributed by atoms with Gasteiger partial charge in [0.2, 0.25) is 0 Å². The van der Waals surface area contributed by atoms with Crippen LogP contribution in [0, 0.1) is 6.20 Å². The molecule has 1 heterocycles. The second-order valence-electron chi connectivity index (χ2n) is 2.26. The van der Waals surface area contributed by atoms with Crippen molar-refractivity contribution < 1.29 is 17.9 Å². The molecule has 0 amide bonds. The van der Waals surface area contributed by atoms with E-state index in [-0.39, 0.29) is 22.4 Å². The quantitative estimate of drug-likeness (QED) is 0.734. The smallest absolute Gasteiger partial charge is 0.446 e. The molecule has 0 saturated heterocycles. The van der Waals surface area contributed by atoms with Crippen LogP contribution in [0.15, 0.2) is 17.2 Å². The molecule has 14 heavy (non-hydrogen) atoms. The Bertz CT molecular complexity index is 303. The highest BCUT2D eigenvalue weighted by molar-refractivity contribution is 8.00. The normalized spacial score (nSPS) is 11.4. The Morgan fingerprint density at radius 2 is 2.29 bits per heavy atom. The minimum Gasteiger partial charge on any atom is -0.491 e. The van der Waals surface area contributed by atoms with Crippen LogP contribution in [0.5, 0.6) is 5.75 Å². The summed E-state index contributed by atoms with van der Waals surface area (Å²) >= 11 is -0.222. The molecule has 0 N–H and O–H groups in total. The van der Waals surface area contributed by atoms with Gasteiger partial charge < -0.3 is 4.74 Å². The standard InChI is InChI=1S/C8H7F3NOS/c1-2-13-6-3-7(5-12-4-6)14-8(9,10)11/h3,5H,2H2,1H3. The summed E-state index contributed by atoms with van der Waals surface area (Å²) in [6.07, 6.45) is 3.54. The third-order valence-corrected chi connectivity index (χ3v) is 1.86. The summed E-state index contributed by atoms with van der Waals surface area (Å²) in [7, 11) is 0. The summed E-state index contributed by atoms with van der Waals surface area (Å²) in [6, 6.07) is 1.26. The van der Waals surface area contributed by atoms with Gasteiger partial charge in [0.15, 0.2) is 0 Å². The number of hydrogen-bond donors (Lipinski definition) is 0. The summed E-state index contributed by atoms with van der Waals surface area (Å²) in [6.45, 7) is 2.11. The zero-order valence-corrected chi connectivity index (χ0v) is 8.08. The number of pyridine rings is 1. The maximum Gasteiger partial charge on any atom is 0.446 e. The van der Waals surface area contributed by atoms with Crippen LogP contribution in [0.2, 0.25) is 0 Å². The van der Waals surface area contributed by atoms with Crippen LogP contribution < -0.4 is 4.74 Å². The maximum absolute atomic E-state index is 11.9. The molecular weight excluding hydrogens is 215 g/mol. The van der Waals surface area contributed by atoms with Gasteiger partial charge in [-0.05, 0) is 24.8 Å². The number of hydrogen-bond acceptors (Lipinski definition) is 3. The second kappa shape index (κ2) is 4.54. The predicted octanol–water partition coefficient (Wildman–Crippen LogP) is 2.89. The van der Waals surface area contributed by atoms with Crippen LogP contribution in [0.1, 0.15) is 6.92 Å². The Balaban J connectivity index is 2.73. The Morgan fingerprint density at radius 3 is 2.86 bits per heavy atom. The van der Waals surface area contributed by atoms with E-state index in [1.54, 1.807) is 6.92 Å². The monoisotopic (exact) mass is 222 g/mol. The van der Waals surface area contributed by atoms with Crippen LogP contribution in [-0.4, -0.2) is 17.1 Å². The molecule has 1 radical (unpaired) electrons. The molecule has 0 aliphatic carbocycles. The Labute approximate surface area is 83.5 Å². The topological polar surface area (TPSA) is 22.1 Å². The summed E-state index contributed by atoms with van der Waals surface area (Å²) in [4.78, 5) is 3.52. The first-order valence-corrected chi connectivity index (χ1v) is 4.59. The lowest BCUT2D eigenvalue weighted by molar-refractivity contribution is -0.0328. The van der Waals surface area contributed by atoms with Crippen LogP contribution in [0.4, 0.5) is 13.2 Å². The van der Waals surface area contributed by atoms with Gasteiger partial charge in [0.05, 0.1) is 6.61 Å². The highest BCUT2D eigenvalue weighted by atomic mass is 32.2. The number of halogens is 3. The Kier molecular flexibility index (Phi) is 3.62. The first-order chi connectivity index (χ1) is 6.51. The third kappa shape index (κ3) is 3.87. The summed E-state index contributed by atoms with van der Waals surface area (Å²) in [5.41, 5.74) is -4.30. The molecule has 0 unspecified atom stereocenters. The minimum absolute atomic E-state index is 0.000278. The number of ether oxygens (including phenoxy) is 1. The van der Waals surface area contributed by atoms with E-state index in [9.17, 15) is 13.2 Å². The average Bonchev–Trinajstić information content (AvgIpc) is 2.02. The first-order valence-electron chi connectivity index (χ1n) is 3.77. The maximum atomic E-state index is 11.9. The number of thioether (sulfide) groups is 1. The van der Waals surface area contributed by atoms with Crippen molar-refractivity contribution in [3.05, 3.63) is 18.5 Å². The molecule has 6 heteroatoms. The van der Waals surface area contributed by atoms with Crippen LogP contribution in [0.3, 0.4) is 0 Å². The van der Waals surface area contributed by atoms with Gasteiger partial charge in [0, 0.05) is 11.1 Å². The average molecular weight is 222 g/mol. The van der Waals surface area contributed by atoms with E-state index < -0.39 is 5.51 Å². The third-order valence-electron chi connectivity index (χ3n) is 1.17. The lowest BCUT2D eigenvalue weighted by Crippen LogP contribution is -2.00. The van der Waals surface area contributed by atoms with Crippen molar-refractivity contribution in [1.29, 1.82) is 0 Å². The Hall–Kier alpha value is -0.910. The van der Waals surface area contributed by atoms with Gasteiger partial charge in [0.1, 0.15) is 11.9 Å². The van der Waals surface area contributed by atoms with Gasteiger partial charge in [-0.2, -0.15) is 13.2 Å². The van der Waals surface area contributed by atoms with Crippen molar-refractivity contribution in [3.8, 4) is 5.75 Å². The molecule has 1 aromatic heterocycles. The van der Waals surface area contributed by atoms with Crippen LogP contribution in [-0.2, 0) is 0 Å². The summed E-state index contributed by atoms with van der Waals surface area (Å²) in [5, 5.41) is 0. The van der Waals surface area contributed by atoms with E-state index in [0.717, 1.165) is 6.20 Å². The SMILES string of the molecule is CCOc1[c]ncc(SC(F)(F)F)c1. The molecule has 77 valence electrons. The second-order valence-corrected chi connectivity index (χ2v) is 3.40. The van der Waals surface area contributed by atoms with Gasteiger partial charge in [0.25, 0.3) is 0 Å². The molecule has 0 aliphatic rings. The number of alkyl halides is 3. The van der Waals surface area contributed by atoms with E-state index in [1.807, 2.05) is 0 Å². The minimum atomic E-state index is -4.30. The molecule has 1 rings (SSSR count). The van der Waals surface area contributed by atoms with Gasteiger partial charge >= 0.3 is 5.51 Å². The zero-order valence-electron chi connectivity index (χ0n) is 7.26.